The summed E-state index contributed by atoms with van der Waals surface area (Å²) >= 11 is 0. The highest BCUT2D eigenvalue weighted by molar-refractivity contribution is 6.04. The van der Waals surface area contributed by atoms with Gasteiger partial charge in [-0.15, -0.1) is 0 Å². The van der Waals surface area contributed by atoms with E-state index in [0.29, 0.717) is 46.9 Å². The first-order chi connectivity index (χ1) is 18.7. The van der Waals surface area contributed by atoms with Crippen LogP contribution in [-0.4, -0.2) is 54.3 Å². The number of nitrogens with one attached hydrogen (secondary N) is 1. The Morgan fingerprint density at radius 1 is 1.18 bits per heavy atom. The molecule has 4 aromatic rings. The van der Waals surface area contributed by atoms with Crippen molar-refractivity contribution in [3.8, 4) is 11.3 Å². The number of pyridine rings is 1. The Hall–Kier alpha value is -4.31. The van der Waals surface area contributed by atoms with Crippen LogP contribution in [0.3, 0.4) is 0 Å². The molecule has 1 aromatic carbocycles. The molecule has 1 saturated heterocycles. The van der Waals surface area contributed by atoms with Crippen molar-refractivity contribution in [1.82, 2.24) is 24.3 Å². The Morgan fingerprint density at radius 2 is 1.95 bits per heavy atom. The number of benzene rings is 1. The highest BCUT2D eigenvalue weighted by atomic mass is 16.3. The molecule has 0 aliphatic carbocycles. The minimum atomic E-state index is -1.05. The van der Waals surface area contributed by atoms with Crippen LogP contribution in [-0.2, 0) is 10.4 Å². The number of carbonyl (C=O) groups excluding carboxylic acids is 2. The van der Waals surface area contributed by atoms with E-state index in [9.17, 15) is 14.7 Å². The number of amides is 2. The Balaban J connectivity index is 1.43. The average molecular weight is 528 g/mol. The van der Waals surface area contributed by atoms with Crippen LogP contribution in [0.5, 0.6) is 0 Å². The van der Waals surface area contributed by atoms with Crippen molar-refractivity contribution >= 4 is 29.0 Å². The van der Waals surface area contributed by atoms with E-state index >= 15 is 0 Å². The van der Waals surface area contributed by atoms with E-state index in [2.05, 4.69) is 22.2 Å². The second kappa shape index (κ2) is 10.5. The third-order valence-electron chi connectivity index (χ3n) is 7.21. The summed E-state index contributed by atoms with van der Waals surface area (Å²) in [6.07, 6.45) is 7.35. The van der Waals surface area contributed by atoms with Crippen molar-refractivity contribution in [3.05, 3.63) is 71.9 Å². The van der Waals surface area contributed by atoms with Crippen LogP contribution in [0.2, 0.25) is 0 Å². The molecule has 4 heterocycles. The zero-order valence-electron chi connectivity index (χ0n) is 22.4. The minimum Gasteiger partial charge on any atom is -0.386 e. The lowest BCUT2D eigenvalue weighted by Gasteiger charge is -2.22. The van der Waals surface area contributed by atoms with Crippen LogP contribution in [0.25, 0.3) is 16.8 Å². The normalized spacial score (nSPS) is 14.7. The molecule has 2 amide bonds. The van der Waals surface area contributed by atoms with Crippen molar-refractivity contribution in [3.63, 3.8) is 0 Å². The van der Waals surface area contributed by atoms with E-state index in [0.717, 1.165) is 30.8 Å². The number of rotatable bonds is 8. The van der Waals surface area contributed by atoms with Crippen molar-refractivity contribution in [1.29, 1.82) is 0 Å². The third kappa shape index (κ3) is 5.33. The Labute approximate surface area is 226 Å². The summed E-state index contributed by atoms with van der Waals surface area (Å²) in [4.78, 5) is 40.6. The molecule has 39 heavy (non-hydrogen) atoms. The molecular weight excluding hydrogens is 494 g/mol. The maximum Gasteiger partial charge on any atom is 0.256 e. The number of nitrogens with two attached hydrogens (primary N) is 1. The molecule has 1 aliphatic rings. The maximum atomic E-state index is 12.9. The summed E-state index contributed by atoms with van der Waals surface area (Å²) in [6.45, 7) is 6.83. The number of anilines is 2. The fraction of sp³-hybridized carbons (Fsp3) is 0.345. The second-order valence-electron chi connectivity index (χ2n) is 10.4. The molecule has 5 rings (SSSR count). The third-order valence-corrected chi connectivity index (χ3v) is 7.21. The molecule has 1 unspecified atom stereocenters. The van der Waals surface area contributed by atoms with Gasteiger partial charge in [0, 0.05) is 55.1 Å². The van der Waals surface area contributed by atoms with Crippen molar-refractivity contribution in [2.24, 2.45) is 0 Å². The predicted molar refractivity (Wildman–Crippen MR) is 149 cm³/mol. The molecule has 3 aromatic heterocycles. The Kier molecular flexibility index (Phi) is 7.05. The first-order valence-electron chi connectivity index (χ1n) is 13.2. The van der Waals surface area contributed by atoms with Crippen LogP contribution < -0.4 is 11.1 Å². The van der Waals surface area contributed by atoms with Gasteiger partial charge in [-0.2, -0.15) is 0 Å². The van der Waals surface area contributed by atoms with E-state index in [1.54, 1.807) is 50.5 Å². The van der Waals surface area contributed by atoms with Crippen LogP contribution >= 0.6 is 0 Å². The van der Waals surface area contributed by atoms with Gasteiger partial charge in [0.2, 0.25) is 5.91 Å². The van der Waals surface area contributed by atoms with Gasteiger partial charge in [0.15, 0.2) is 0 Å². The molecular formula is C29H33N7O3. The molecule has 0 spiro atoms. The van der Waals surface area contributed by atoms with E-state index < -0.39 is 5.60 Å². The number of aromatic nitrogens is 4. The summed E-state index contributed by atoms with van der Waals surface area (Å²) in [5, 5.41) is 13.0. The topological polar surface area (TPSA) is 139 Å². The van der Waals surface area contributed by atoms with Gasteiger partial charge in [-0.1, -0.05) is 19.1 Å². The average Bonchev–Trinajstić information content (AvgIpc) is 3.51. The molecule has 10 heteroatoms. The summed E-state index contributed by atoms with van der Waals surface area (Å²) in [5.74, 6) is 1.45. The van der Waals surface area contributed by atoms with Gasteiger partial charge in [0.1, 0.15) is 28.7 Å². The number of aliphatic hydroxyl groups is 1. The number of hydrogen-bond donors (Lipinski definition) is 3. The molecule has 10 nitrogen and oxygen atoms in total. The summed E-state index contributed by atoms with van der Waals surface area (Å²) in [6, 6.07) is 10.5. The SMILES string of the molecule is CCC(CN1CCCC1=O)c1nc(-c2ccc(C(=O)Nc3cc(C(C)(C)O)ccn3)cc2)c2c(N)nccn12. The quantitative estimate of drug-likeness (QED) is 0.315. The summed E-state index contributed by atoms with van der Waals surface area (Å²) in [5.41, 5.74) is 8.53. The Bertz CT molecular complexity index is 1520. The molecule has 202 valence electrons. The van der Waals surface area contributed by atoms with E-state index in [1.165, 1.54) is 0 Å². The predicted octanol–water partition coefficient (Wildman–Crippen LogP) is 3.97. The van der Waals surface area contributed by atoms with E-state index in [1.807, 2.05) is 27.6 Å². The lowest BCUT2D eigenvalue weighted by Crippen LogP contribution is -2.30. The van der Waals surface area contributed by atoms with Crippen molar-refractivity contribution in [2.45, 2.75) is 51.6 Å². The largest absolute Gasteiger partial charge is 0.386 e. The molecule has 4 N–H and O–H groups in total. The highest BCUT2D eigenvalue weighted by Gasteiger charge is 2.27. The number of fused-ring (bicyclic) bond motifs is 1. The van der Waals surface area contributed by atoms with Gasteiger partial charge in [0.05, 0.1) is 5.60 Å². The lowest BCUT2D eigenvalue weighted by atomic mass is 10.00. The minimum absolute atomic E-state index is 0.0345. The maximum absolute atomic E-state index is 12.9. The highest BCUT2D eigenvalue weighted by Crippen LogP contribution is 2.32. The number of imidazole rings is 1. The first-order valence-corrected chi connectivity index (χ1v) is 13.2. The standard InChI is InChI=1S/C29H33N7O3/c1-4-18(17-35-14-5-6-23(35)37)27-34-24(25-26(30)32-13-15-36(25)27)19-7-9-20(10-8-19)28(38)33-22-16-21(11-12-31-22)29(2,3)39/h7-13,15-16,18,39H,4-6,14,17H2,1-3H3,(H2,30,32)(H,31,33,38). The monoisotopic (exact) mass is 527 g/mol. The fourth-order valence-electron chi connectivity index (χ4n) is 4.98. The van der Waals surface area contributed by atoms with Crippen LogP contribution in [0.15, 0.2) is 55.0 Å². The molecule has 1 fully saturated rings. The Morgan fingerprint density at radius 3 is 2.62 bits per heavy atom. The number of hydrogen-bond acceptors (Lipinski definition) is 7. The van der Waals surface area contributed by atoms with Crippen LogP contribution in [0.4, 0.5) is 11.6 Å². The number of nitrogens with zero attached hydrogens (tertiary/aromatic N) is 5. The number of nitrogen functional groups attached to an aromatic ring is 1. The van der Waals surface area contributed by atoms with Gasteiger partial charge >= 0.3 is 0 Å². The molecule has 1 aliphatic heterocycles. The van der Waals surface area contributed by atoms with Crippen LogP contribution in [0, 0.1) is 0 Å². The number of likely N-dealkylation sites (tertiary alicyclic amines) is 1. The fourth-order valence-corrected chi connectivity index (χ4v) is 4.98. The van der Waals surface area contributed by atoms with Crippen molar-refractivity contribution < 1.29 is 14.7 Å². The smallest absolute Gasteiger partial charge is 0.256 e. The zero-order chi connectivity index (χ0) is 27.7. The zero-order valence-corrected chi connectivity index (χ0v) is 22.4. The number of carbonyl (C=O) groups is 2. The van der Waals surface area contributed by atoms with Gasteiger partial charge in [-0.25, -0.2) is 15.0 Å². The summed E-state index contributed by atoms with van der Waals surface area (Å²) in [7, 11) is 0. The molecule has 0 saturated carbocycles. The second-order valence-corrected chi connectivity index (χ2v) is 10.4. The summed E-state index contributed by atoms with van der Waals surface area (Å²) < 4.78 is 1.97. The van der Waals surface area contributed by atoms with Crippen LogP contribution in [0.1, 0.15) is 67.7 Å². The van der Waals surface area contributed by atoms with Gasteiger partial charge in [0.25, 0.3) is 5.91 Å². The molecule has 0 radical (unpaired) electrons. The van der Waals surface area contributed by atoms with Crippen molar-refractivity contribution in [2.75, 3.05) is 24.1 Å². The molecule has 0 bridgehead atoms. The van der Waals surface area contributed by atoms with Gasteiger partial charge in [-0.05, 0) is 56.5 Å². The van der Waals surface area contributed by atoms with Gasteiger partial charge in [-0.3, -0.25) is 14.0 Å². The van der Waals surface area contributed by atoms with Gasteiger partial charge < -0.3 is 21.1 Å². The molecule has 1 atom stereocenters. The van der Waals surface area contributed by atoms with E-state index in [-0.39, 0.29) is 17.7 Å². The van der Waals surface area contributed by atoms with E-state index in [4.69, 9.17) is 10.7 Å². The lowest BCUT2D eigenvalue weighted by molar-refractivity contribution is -0.127. The first kappa shape index (κ1) is 26.3.